The zero-order chi connectivity index (χ0) is 14.1. The van der Waals surface area contributed by atoms with Gasteiger partial charge in [-0.1, -0.05) is 6.42 Å². The summed E-state index contributed by atoms with van der Waals surface area (Å²) in [7, 11) is 2.08. The topological polar surface area (TPSA) is 92.3 Å². The highest BCUT2D eigenvalue weighted by Gasteiger charge is 2.29. The van der Waals surface area contributed by atoms with E-state index in [1.54, 1.807) is 6.07 Å². The summed E-state index contributed by atoms with van der Waals surface area (Å²) in [4.78, 5) is 22.6. The number of nitrogens with zero attached hydrogens (tertiary/aromatic N) is 4. The normalized spacial score (nSPS) is 22.9. The summed E-state index contributed by atoms with van der Waals surface area (Å²) in [5.74, 6) is 0.970. The molecule has 0 amide bonds. The summed E-state index contributed by atoms with van der Waals surface area (Å²) in [5, 5.41) is 2.74. The van der Waals surface area contributed by atoms with Gasteiger partial charge in [-0.2, -0.15) is 4.52 Å². The number of nitrogens with one attached hydrogen (secondary N) is 1. The van der Waals surface area contributed by atoms with Gasteiger partial charge < -0.3 is 5.73 Å². The van der Waals surface area contributed by atoms with Crippen molar-refractivity contribution in [3.05, 3.63) is 28.4 Å². The minimum absolute atomic E-state index is 0.127. The minimum atomic E-state index is -0.127. The summed E-state index contributed by atoms with van der Waals surface area (Å²) in [6.45, 7) is 1.38. The maximum absolute atomic E-state index is 11.9. The Morgan fingerprint density at radius 2 is 2.40 bits per heavy atom. The average molecular weight is 276 g/mol. The lowest BCUT2D eigenvalue weighted by Gasteiger charge is -2.28. The first kappa shape index (κ1) is 13.3. The summed E-state index contributed by atoms with van der Waals surface area (Å²) in [6.07, 6.45) is 5.06. The standard InChI is InChI=1S/C13H20N6O/c1-18(11-4-2-3-9(11)6-14)7-10-5-12(20)19-13(17-10)15-8-16-19/h5,8-9,11H,2-4,6-7,14H2,1H3,(H,15,16,17). The number of hydrogen-bond donors (Lipinski definition) is 2. The number of aromatic nitrogens is 4. The average Bonchev–Trinajstić information content (AvgIpc) is 3.06. The van der Waals surface area contributed by atoms with E-state index >= 15 is 0 Å². The molecule has 2 aromatic heterocycles. The van der Waals surface area contributed by atoms with Crippen molar-refractivity contribution < 1.29 is 0 Å². The highest BCUT2D eigenvalue weighted by atomic mass is 16.1. The first-order valence-electron chi connectivity index (χ1n) is 7.01. The summed E-state index contributed by atoms with van der Waals surface area (Å²) < 4.78 is 1.34. The van der Waals surface area contributed by atoms with Crippen LogP contribution in [0.15, 0.2) is 17.2 Å². The monoisotopic (exact) mass is 276 g/mol. The van der Waals surface area contributed by atoms with E-state index in [-0.39, 0.29) is 5.56 Å². The third kappa shape index (κ3) is 2.34. The fraction of sp³-hybridized carbons (Fsp3) is 0.615. The van der Waals surface area contributed by atoms with Gasteiger partial charge >= 0.3 is 0 Å². The molecule has 1 saturated carbocycles. The third-order valence-electron chi connectivity index (χ3n) is 4.22. The van der Waals surface area contributed by atoms with E-state index in [1.165, 1.54) is 30.1 Å². The number of H-pyrrole nitrogens is 1. The lowest BCUT2D eigenvalue weighted by molar-refractivity contribution is 0.191. The molecule has 3 rings (SSSR count). The number of hydrogen-bond acceptors (Lipinski definition) is 5. The second-order valence-corrected chi connectivity index (χ2v) is 5.52. The van der Waals surface area contributed by atoms with Crippen LogP contribution in [-0.4, -0.2) is 44.1 Å². The Kier molecular flexibility index (Phi) is 3.54. The van der Waals surface area contributed by atoms with Crippen LogP contribution in [0.25, 0.3) is 5.78 Å². The smallest absolute Gasteiger partial charge is 0.274 e. The molecule has 2 unspecified atom stereocenters. The van der Waals surface area contributed by atoms with Gasteiger partial charge in [-0.25, -0.2) is 9.97 Å². The Hall–Kier alpha value is -1.73. The molecule has 0 spiro atoms. The lowest BCUT2D eigenvalue weighted by atomic mass is 10.0. The summed E-state index contributed by atoms with van der Waals surface area (Å²) in [6, 6.07) is 2.05. The molecule has 0 bridgehead atoms. The molecule has 7 nitrogen and oxygen atoms in total. The molecule has 0 aliphatic heterocycles. The molecule has 0 radical (unpaired) electrons. The Bertz CT molecular complexity index is 648. The zero-order valence-corrected chi connectivity index (χ0v) is 11.6. The molecule has 20 heavy (non-hydrogen) atoms. The quantitative estimate of drug-likeness (QED) is 0.818. The number of rotatable bonds is 4. The van der Waals surface area contributed by atoms with Gasteiger partial charge in [0.1, 0.15) is 6.33 Å². The summed E-state index contributed by atoms with van der Waals surface area (Å²) in [5.41, 5.74) is 6.46. The van der Waals surface area contributed by atoms with E-state index in [4.69, 9.17) is 5.73 Å². The molecule has 3 N–H and O–H groups in total. The van der Waals surface area contributed by atoms with E-state index in [2.05, 4.69) is 27.0 Å². The molecule has 1 fully saturated rings. The van der Waals surface area contributed by atoms with E-state index < -0.39 is 0 Å². The maximum Gasteiger partial charge on any atom is 0.274 e. The van der Waals surface area contributed by atoms with Crippen molar-refractivity contribution in [1.82, 2.24) is 24.5 Å². The van der Waals surface area contributed by atoms with Crippen LogP contribution in [0.2, 0.25) is 0 Å². The van der Waals surface area contributed by atoms with Crippen LogP contribution < -0.4 is 11.3 Å². The van der Waals surface area contributed by atoms with E-state index in [1.807, 2.05) is 0 Å². The summed E-state index contributed by atoms with van der Waals surface area (Å²) >= 11 is 0. The lowest BCUT2D eigenvalue weighted by Crippen LogP contribution is -2.37. The van der Waals surface area contributed by atoms with Crippen LogP contribution in [0.5, 0.6) is 0 Å². The van der Waals surface area contributed by atoms with Gasteiger partial charge in [-0.15, -0.1) is 0 Å². The molecule has 2 heterocycles. The molecule has 1 aliphatic rings. The van der Waals surface area contributed by atoms with E-state index in [0.29, 0.717) is 24.3 Å². The highest BCUT2D eigenvalue weighted by Crippen LogP contribution is 2.29. The van der Waals surface area contributed by atoms with Crippen molar-refractivity contribution in [2.45, 2.75) is 31.8 Å². The van der Waals surface area contributed by atoms with Crippen LogP contribution in [0.3, 0.4) is 0 Å². The number of nitrogens with two attached hydrogens (primary N) is 1. The molecular formula is C13H20N6O. The Morgan fingerprint density at radius 1 is 1.55 bits per heavy atom. The SMILES string of the molecule is CN(Cc1cc(=O)n2[nH]cnc2n1)C1CCCC1CN. The van der Waals surface area contributed by atoms with Gasteiger partial charge in [-0.3, -0.25) is 14.8 Å². The van der Waals surface area contributed by atoms with Crippen molar-refractivity contribution in [3.63, 3.8) is 0 Å². The first-order chi connectivity index (χ1) is 9.69. The predicted molar refractivity (Wildman–Crippen MR) is 75.3 cm³/mol. The molecular weight excluding hydrogens is 256 g/mol. The van der Waals surface area contributed by atoms with Crippen molar-refractivity contribution >= 4 is 5.78 Å². The second kappa shape index (κ2) is 5.34. The molecule has 108 valence electrons. The van der Waals surface area contributed by atoms with Crippen LogP contribution in [0.1, 0.15) is 25.0 Å². The van der Waals surface area contributed by atoms with Crippen molar-refractivity contribution in [1.29, 1.82) is 0 Å². The van der Waals surface area contributed by atoms with Crippen molar-refractivity contribution in [3.8, 4) is 0 Å². The minimum Gasteiger partial charge on any atom is -0.330 e. The molecule has 1 aliphatic carbocycles. The largest absolute Gasteiger partial charge is 0.330 e. The van der Waals surface area contributed by atoms with Crippen molar-refractivity contribution in [2.24, 2.45) is 11.7 Å². The zero-order valence-electron chi connectivity index (χ0n) is 11.6. The van der Waals surface area contributed by atoms with Crippen LogP contribution >= 0.6 is 0 Å². The van der Waals surface area contributed by atoms with Crippen LogP contribution in [0, 0.1) is 5.92 Å². The Morgan fingerprint density at radius 3 is 3.20 bits per heavy atom. The van der Waals surface area contributed by atoms with Gasteiger partial charge in [0.15, 0.2) is 0 Å². The predicted octanol–water partition coefficient (Wildman–Crippen LogP) is -0.0232. The third-order valence-corrected chi connectivity index (χ3v) is 4.22. The number of aromatic amines is 1. The first-order valence-corrected chi connectivity index (χ1v) is 7.01. The van der Waals surface area contributed by atoms with Gasteiger partial charge in [-0.05, 0) is 32.4 Å². The Labute approximate surface area is 116 Å². The maximum atomic E-state index is 11.9. The molecule has 2 atom stereocenters. The molecule has 7 heteroatoms. The van der Waals surface area contributed by atoms with E-state index in [0.717, 1.165) is 12.2 Å². The van der Waals surface area contributed by atoms with E-state index in [9.17, 15) is 4.79 Å². The van der Waals surface area contributed by atoms with Crippen molar-refractivity contribution in [2.75, 3.05) is 13.6 Å². The van der Waals surface area contributed by atoms with Gasteiger partial charge in [0.2, 0.25) is 0 Å². The highest BCUT2D eigenvalue weighted by molar-refractivity contribution is 5.25. The second-order valence-electron chi connectivity index (χ2n) is 5.52. The fourth-order valence-electron chi connectivity index (χ4n) is 3.19. The van der Waals surface area contributed by atoms with Gasteiger partial charge in [0.05, 0.1) is 5.69 Å². The van der Waals surface area contributed by atoms with Gasteiger partial charge in [0, 0.05) is 18.7 Å². The fourth-order valence-corrected chi connectivity index (χ4v) is 3.19. The Balaban J connectivity index is 1.80. The van der Waals surface area contributed by atoms with Gasteiger partial charge in [0.25, 0.3) is 11.3 Å². The van der Waals surface area contributed by atoms with Crippen LogP contribution in [-0.2, 0) is 6.54 Å². The molecule has 2 aromatic rings. The van der Waals surface area contributed by atoms with Crippen LogP contribution in [0.4, 0.5) is 0 Å². The molecule has 0 aromatic carbocycles. The number of fused-ring (bicyclic) bond motifs is 1. The molecule has 0 saturated heterocycles.